The number of amides is 1. The summed E-state index contributed by atoms with van der Waals surface area (Å²) in [7, 11) is 1.42. The van der Waals surface area contributed by atoms with Gasteiger partial charge < -0.3 is 14.6 Å². The number of methoxy groups -OCH3 is 1. The first-order chi connectivity index (χ1) is 12.0. The van der Waals surface area contributed by atoms with Gasteiger partial charge in [0.1, 0.15) is 17.3 Å². The minimum Gasteiger partial charge on any atom is -0.496 e. The van der Waals surface area contributed by atoms with Crippen LogP contribution in [0.25, 0.3) is 0 Å². The third-order valence-corrected chi connectivity index (χ3v) is 4.40. The molecule has 0 radical (unpaired) electrons. The standard InChI is InChI=1S/C15H19N5O4S/c1-4-13-17-18-15(19(13)5-2)25-9-14(21)16-11-7-6-10(24-3)8-12(11)20(22)23/h6-8H,4-5,9H2,1-3H3,(H,16,21). The topological polar surface area (TPSA) is 112 Å². The maximum absolute atomic E-state index is 12.1. The Morgan fingerprint density at radius 2 is 2.16 bits per heavy atom. The van der Waals surface area contributed by atoms with Gasteiger partial charge in [0, 0.05) is 13.0 Å². The number of anilines is 1. The predicted octanol–water partition coefficient (Wildman–Crippen LogP) is 2.51. The molecule has 0 spiro atoms. The molecule has 0 unspecified atom stereocenters. The van der Waals surface area contributed by atoms with Gasteiger partial charge in [0.15, 0.2) is 5.16 Å². The molecule has 2 aromatic rings. The fourth-order valence-corrected chi connectivity index (χ4v) is 3.04. The number of rotatable bonds is 8. The number of hydrogen-bond donors (Lipinski definition) is 1. The number of aromatic nitrogens is 3. The number of carbonyl (C=O) groups is 1. The van der Waals surface area contributed by atoms with Crippen LogP contribution in [0.1, 0.15) is 19.7 Å². The lowest BCUT2D eigenvalue weighted by Crippen LogP contribution is -2.15. The highest BCUT2D eigenvalue weighted by Crippen LogP contribution is 2.29. The summed E-state index contributed by atoms with van der Waals surface area (Å²) in [4.78, 5) is 22.7. The van der Waals surface area contributed by atoms with E-state index in [-0.39, 0.29) is 23.0 Å². The van der Waals surface area contributed by atoms with Crippen molar-refractivity contribution in [3.05, 3.63) is 34.1 Å². The summed E-state index contributed by atoms with van der Waals surface area (Å²) in [5.41, 5.74) is -0.0923. The van der Waals surface area contributed by atoms with Crippen molar-refractivity contribution < 1.29 is 14.5 Å². The Bertz CT molecular complexity index is 777. The zero-order valence-corrected chi connectivity index (χ0v) is 15.0. The van der Waals surface area contributed by atoms with Gasteiger partial charge in [0.05, 0.1) is 23.9 Å². The maximum atomic E-state index is 12.1. The van der Waals surface area contributed by atoms with Crippen molar-refractivity contribution in [3.63, 3.8) is 0 Å². The number of ether oxygens (including phenoxy) is 1. The molecule has 1 amide bonds. The Hall–Kier alpha value is -2.62. The molecule has 0 fully saturated rings. The molecule has 0 aliphatic carbocycles. The van der Waals surface area contributed by atoms with E-state index < -0.39 is 4.92 Å². The molecule has 1 heterocycles. The van der Waals surface area contributed by atoms with Gasteiger partial charge in [0.2, 0.25) is 5.91 Å². The van der Waals surface area contributed by atoms with Crippen molar-refractivity contribution in [2.75, 3.05) is 18.2 Å². The van der Waals surface area contributed by atoms with Crippen molar-refractivity contribution >= 4 is 29.0 Å². The SMILES string of the molecule is CCc1nnc(SCC(=O)Nc2ccc(OC)cc2[N+](=O)[O-])n1CC. The summed E-state index contributed by atoms with van der Waals surface area (Å²) < 4.78 is 6.91. The third kappa shape index (κ3) is 4.47. The molecule has 1 aromatic heterocycles. The van der Waals surface area contributed by atoms with Crippen LogP contribution in [0.4, 0.5) is 11.4 Å². The van der Waals surface area contributed by atoms with E-state index in [9.17, 15) is 14.9 Å². The van der Waals surface area contributed by atoms with Crippen molar-refractivity contribution in [3.8, 4) is 5.75 Å². The van der Waals surface area contributed by atoms with Gasteiger partial charge >= 0.3 is 0 Å². The number of nitrogens with one attached hydrogen (secondary N) is 1. The van der Waals surface area contributed by atoms with Crippen molar-refractivity contribution in [1.29, 1.82) is 0 Å². The molecular formula is C15H19N5O4S. The van der Waals surface area contributed by atoms with E-state index in [1.807, 2.05) is 18.4 Å². The third-order valence-electron chi connectivity index (χ3n) is 3.43. The van der Waals surface area contributed by atoms with Crippen LogP contribution in [-0.2, 0) is 17.8 Å². The summed E-state index contributed by atoms with van der Waals surface area (Å²) >= 11 is 1.24. The first-order valence-electron chi connectivity index (χ1n) is 7.67. The molecule has 0 aliphatic heterocycles. The molecule has 1 N–H and O–H groups in total. The lowest BCUT2D eigenvalue weighted by Gasteiger charge is -2.08. The van der Waals surface area contributed by atoms with Crippen LogP contribution in [0.3, 0.4) is 0 Å². The molecule has 1 aromatic carbocycles. The molecule has 9 nitrogen and oxygen atoms in total. The van der Waals surface area contributed by atoms with Gasteiger partial charge in [-0.05, 0) is 19.1 Å². The summed E-state index contributed by atoms with van der Waals surface area (Å²) in [5, 5.41) is 22.5. The fraction of sp³-hybridized carbons (Fsp3) is 0.400. The Labute approximate surface area is 148 Å². The lowest BCUT2D eigenvalue weighted by molar-refractivity contribution is -0.384. The summed E-state index contributed by atoms with van der Waals surface area (Å²) in [6, 6.07) is 4.27. The zero-order valence-electron chi connectivity index (χ0n) is 14.2. The number of nitro benzene ring substituents is 1. The number of hydrogen-bond acceptors (Lipinski definition) is 7. The van der Waals surface area contributed by atoms with Gasteiger partial charge in [-0.2, -0.15) is 0 Å². The van der Waals surface area contributed by atoms with Gasteiger partial charge in [-0.3, -0.25) is 14.9 Å². The molecule has 25 heavy (non-hydrogen) atoms. The number of nitrogens with zero attached hydrogens (tertiary/aromatic N) is 4. The highest BCUT2D eigenvalue weighted by atomic mass is 32.2. The van der Waals surface area contributed by atoms with Gasteiger partial charge in [-0.15, -0.1) is 10.2 Å². The van der Waals surface area contributed by atoms with Gasteiger partial charge in [-0.25, -0.2) is 0 Å². The van der Waals surface area contributed by atoms with E-state index in [0.29, 0.717) is 17.5 Å². The quantitative estimate of drug-likeness (QED) is 0.434. The van der Waals surface area contributed by atoms with Crippen LogP contribution in [0.5, 0.6) is 5.75 Å². The van der Waals surface area contributed by atoms with Crippen molar-refractivity contribution in [2.24, 2.45) is 0 Å². The average molecular weight is 365 g/mol. The molecule has 0 saturated heterocycles. The first kappa shape index (κ1) is 18.7. The number of aryl methyl sites for hydroxylation is 1. The smallest absolute Gasteiger partial charge is 0.296 e. The van der Waals surface area contributed by atoms with Crippen LogP contribution in [0, 0.1) is 10.1 Å². The molecule has 10 heteroatoms. The molecule has 0 atom stereocenters. The van der Waals surface area contributed by atoms with Crippen LogP contribution in [0.15, 0.2) is 23.4 Å². The lowest BCUT2D eigenvalue weighted by atomic mass is 10.2. The molecule has 2 rings (SSSR count). The van der Waals surface area contributed by atoms with Crippen molar-refractivity contribution in [2.45, 2.75) is 32.0 Å². The van der Waals surface area contributed by atoms with Crippen molar-refractivity contribution in [1.82, 2.24) is 14.8 Å². The highest BCUT2D eigenvalue weighted by Gasteiger charge is 2.18. The fourth-order valence-electron chi connectivity index (χ4n) is 2.22. The van der Waals surface area contributed by atoms with E-state index in [4.69, 9.17) is 4.74 Å². The van der Waals surface area contributed by atoms with E-state index in [2.05, 4.69) is 15.5 Å². The van der Waals surface area contributed by atoms with Crippen LogP contribution in [-0.4, -0.2) is 38.5 Å². The van der Waals surface area contributed by atoms with Gasteiger partial charge in [0.25, 0.3) is 5.69 Å². The second-order valence-corrected chi connectivity index (χ2v) is 5.92. The number of nitro groups is 1. The van der Waals surface area contributed by atoms with E-state index >= 15 is 0 Å². The monoisotopic (exact) mass is 365 g/mol. The van der Waals surface area contributed by atoms with Crippen LogP contribution in [0.2, 0.25) is 0 Å². The first-order valence-corrected chi connectivity index (χ1v) is 8.65. The average Bonchev–Trinajstić information content (AvgIpc) is 3.02. The Balaban J connectivity index is 2.06. The molecule has 0 bridgehead atoms. The maximum Gasteiger partial charge on any atom is 0.296 e. The van der Waals surface area contributed by atoms with Gasteiger partial charge in [-0.1, -0.05) is 18.7 Å². The second kappa shape index (κ2) is 8.47. The molecular weight excluding hydrogens is 346 g/mol. The summed E-state index contributed by atoms with van der Waals surface area (Å²) in [6.07, 6.45) is 0.756. The van der Waals surface area contributed by atoms with E-state index in [0.717, 1.165) is 12.2 Å². The number of thioether (sulfide) groups is 1. The molecule has 0 aliphatic rings. The Morgan fingerprint density at radius 3 is 2.76 bits per heavy atom. The Kier molecular flexibility index (Phi) is 6.34. The van der Waals surface area contributed by atoms with Crippen LogP contribution >= 0.6 is 11.8 Å². The summed E-state index contributed by atoms with van der Waals surface area (Å²) in [6.45, 7) is 4.68. The minimum atomic E-state index is -0.563. The number of benzene rings is 1. The van der Waals surface area contributed by atoms with E-state index in [1.165, 1.54) is 31.0 Å². The Morgan fingerprint density at radius 1 is 1.40 bits per heavy atom. The molecule has 0 saturated carbocycles. The van der Waals surface area contributed by atoms with E-state index in [1.54, 1.807) is 6.07 Å². The number of carbonyl (C=O) groups excluding carboxylic acids is 1. The van der Waals surface area contributed by atoms with Crippen LogP contribution < -0.4 is 10.1 Å². The zero-order chi connectivity index (χ0) is 18.4. The predicted molar refractivity (Wildman–Crippen MR) is 94.1 cm³/mol. The minimum absolute atomic E-state index is 0.0744. The largest absolute Gasteiger partial charge is 0.496 e. The summed E-state index contributed by atoms with van der Waals surface area (Å²) in [5.74, 6) is 0.922. The normalized spacial score (nSPS) is 10.5. The second-order valence-electron chi connectivity index (χ2n) is 4.97. The highest BCUT2D eigenvalue weighted by molar-refractivity contribution is 7.99. The molecule has 134 valence electrons.